The van der Waals surface area contributed by atoms with Crippen LogP contribution < -0.4 is 5.32 Å². The minimum absolute atomic E-state index is 0.234. The molecule has 3 aromatic rings. The Morgan fingerprint density at radius 1 is 1.06 bits per heavy atom. The third kappa shape index (κ3) is 4.50. The van der Waals surface area contributed by atoms with Crippen molar-refractivity contribution >= 4 is 40.6 Å². The zero-order chi connectivity index (χ0) is 22.8. The number of carbonyl (C=O) groups is 3. The number of anilines is 1. The number of aryl methyl sites for hydroxylation is 2. The van der Waals surface area contributed by atoms with Crippen molar-refractivity contribution in [3.8, 4) is 5.69 Å². The maximum Gasteiger partial charge on any atom is 0.294 e. The van der Waals surface area contributed by atoms with Crippen LogP contribution in [0.5, 0.6) is 0 Å². The Morgan fingerprint density at radius 3 is 2.62 bits per heavy atom. The van der Waals surface area contributed by atoms with Gasteiger partial charge in [0.2, 0.25) is 5.91 Å². The number of benzene rings is 2. The first-order valence-electron chi connectivity index (χ1n) is 9.87. The number of imide groups is 1. The third-order valence-electron chi connectivity index (χ3n) is 5.11. The minimum atomic E-state index is -0.586. The highest BCUT2D eigenvalue weighted by Gasteiger charge is 2.36. The number of nitrogens with one attached hydrogen (secondary N) is 1. The summed E-state index contributed by atoms with van der Waals surface area (Å²) in [5.41, 5.74) is 4.26. The molecule has 0 bridgehead atoms. The van der Waals surface area contributed by atoms with Crippen LogP contribution in [0.15, 0.2) is 65.7 Å². The lowest BCUT2D eigenvalue weighted by atomic mass is 10.1. The topological polar surface area (TPSA) is 71.4 Å². The lowest BCUT2D eigenvalue weighted by Gasteiger charge is -2.12. The van der Waals surface area contributed by atoms with E-state index in [1.54, 1.807) is 6.08 Å². The zero-order valence-corrected chi connectivity index (χ0v) is 18.3. The van der Waals surface area contributed by atoms with E-state index in [0.29, 0.717) is 0 Å². The maximum atomic E-state index is 13.3. The van der Waals surface area contributed by atoms with Crippen molar-refractivity contribution in [3.05, 3.63) is 88.3 Å². The number of halogens is 1. The molecule has 8 heteroatoms. The van der Waals surface area contributed by atoms with Gasteiger partial charge in [0.1, 0.15) is 12.4 Å². The molecular weight excluding hydrogens is 429 g/mol. The first kappa shape index (κ1) is 21.6. The summed E-state index contributed by atoms with van der Waals surface area (Å²) >= 11 is 0.785. The smallest absolute Gasteiger partial charge is 0.294 e. The summed E-state index contributed by atoms with van der Waals surface area (Å²) in [6, 6.07) is 15.2. The SMILES string of the molecule is Cc1ccc(-n2cccc2/C=C2/SC(=O)N(CC(=O)Nc3cccc(F)c3)C2=O)cc1C. The zero-order valence-electron chi connectivity index (χ0n) is 17.5. The Morgan fingerprint density at radius 2 is 1.88 bits per heavy atom. The van der Waals surface area contributed by atoms with Crippen LogP contribution in [-0.2, 0) is 9.59 Å². The molecule has 4 rings (SSSR count). The van der Waals surface area contributed by atoms with E-state index in [-0.39, 0.29) is 10.6 Å². The normalized spacial score (nSPS) is 15.0. The molecule has 6 nitrogen and oxygen atoms in total. The molecule has 2 heterocycles. The number of carbonyl (C=O) groups excluding carboxylic acids is 3. The quantitative estimate of drug-likeness (QED) is 0.562. The molecule has 0 radical (unpaired) electrons. The van der Waals surface area contributed by atoms with E-state index in [0.717, 1.165) is 39.7 Å². The number of hydrogen-bond acceptors (Lipinski definition) is 4. The molecule has 1 aliphatic rings. The summed E-state index contributed by atoms with van der Waals surface area (Å²) in [7, 11) is 0. The fourth-order valence-electron chi connectivity index (χ4n) is 3.30. The second-order valence-corrected chi connectivity index (χ2v) is 8.39. The summed E-state index contributed by atoms with van der Waals surface area (Å²) in [5, 5.41) is 1.97. The van der Waals surface area contributed by atoms with Crippen LogP contribution in [0.1, 0.15) is 16.8 Å². The molecule has 0 atom stereocenters. The molecule has 0 saturated carbocycles. The van der Waals surface area contributed by atoms with E-state index in [1.165, 1.54) is 23.8 Å². The molecular formula is C24H20FN3O3S. The van der Waals surface area contributed by atoms with Crippen molar-refractivity contribution in [2.24, 2.45) is 0 Å². The van der Waals surface area contributed by atoms with Crippen molar-refractivity contribution < 1.29 is 18.8 Å². The van der Waals surface area contributed by atoms with Gasteiger partial charge in [0, 0.05) is 23.3 Å². The standard InChI is InChI=1S/C24H20FN3O3S/c1-15-8-9-20(11-16(15)2)27-10-4-7-19(27)13-21-23(30)28(24(31)32-21)14-22(29)26-18-6-3-5-17(25)12-18/h3-13H,14H2,1-2H3,(H,26,29)/b21-13+. The fraction of sp³-hybridized carbons (Fsp3) is 0.125. The fourth-order valence-corrected chi connectivity index (χ4v) is 4.13. The Balaban J connectivity index is 1.51. The van der Waals surface area contributed by atoms with Gasteiger partial charge in [-0.1, -0.05) is 12.1 Å². The number of rotatable bonds is 5. The van der Waals surface area contributed by atoms with Gasteiger partial charge in [0.05, 0.1) is 4.91 Å². The number of amides is 3. The van der Waals surface area contributed by atoms with Crippen molar-refractivity contribution in [1.29, 1.82) is 0 Å². The van der Waals surface area contributed by atoms with Crippen molar-refractivity contribution in [3.63, 3.8) is 0 Å². The van der Waals surface area contributed by atoms with Gasteiger partial charge in [-0.2, -0.15) is 0 Å². The van der Waals surface area contributed by atoms with E-state index >= 15 is 0 Å². The van der Waals surface area contributed by atoms with E-state index in [2.05, 4.69) is 11.4 Å². The van der Waals surface area contributed by atoms with E-state index in [1.807, 2.05) is 48.9 Å². The number of thioether (sulfide) groups is 1. The second kappa shape index (κ2) is 8.84. The van der Waals surface area contributed by atoms with Gasteiger partial charge in [-0.05, 0) is 85.3 Å². The molecule has 3 amide bonds. The molecule has 0 aliphatic carbocycles. The molecule has 162 valence electrons. The summed E-state index contributed by atoms with van der Waals surface area (Å²) < 4.78 is 15.2. The van der Waals surface area contributed by atoms with Gasteiger partial charge in [-0.3, -0.25) is 19.3 Å². The Hall–Kier alpha value is -3.65. The molecule has 2 aromatic carbocycles. The molecule has 0 spiro atoms. The largest absolute Gasteiger partial charge is 0.324 e. The minimum Gasteiger partial charge on any atom is -0.324 e. The predicted octanol–water partition coefficient (Wildman–Crippen LogP) is 4.91. The van der Waals surface area contributed by atoms with Crippen LogP contribution >= 0.6 is 11.8 Å². The van der Waals surface area contributed by atoms with Crippen LogP contribution in [-0.4, -0.2) is 33.1 Å². The Labute approximate surface area is 188 Å². The summed E-state index contributed by atoms with van der Waals surface area (Å²) in [4.78, 5) is 38.6. The van der Waals surface area contributed by atoms with Gasteiger partial charge >= 0.3 is 0 Å². The molecule has 1 fully saturated rings. The summed E-state index contributed by atoms with van der Waals surface area (Å²) in [6.45, 7) is 3.62. The Kier molecular flexibility index (Phi) is 5.96. The highest BCUT2D eigenvalue weighted by atomic mass is 32.2. The van der Waals surface area contributed by atoms with Crippen molar-refractivity contribution in [1.82, 2.24) is 9.47 Å². The molecule has 1 aliphatic heterocycles. The van der Waals surface area contributed by atoms with Gasteiger partial charge in [0.15, 0.2) is 0 Å². The van der Waals surface area contributed by atoms with E-state index < -0.39 is 29.4 Å². The second-order valence-electron chi connectivity index (χ2n) is 7.40. The third-order valence-corrected chi connectivity index (χ3v) is 6.02. The molecule has 1 saturated heterocycles. The first-order valence-corrected chi connectivity index (χ1v) is 10.7. The average molecular weight is 450 g/mol. The van der Waals surface area contributed by atoms with Crippen LogP contribution in [0.3, 0.4) is 0 Å². The molecule has 1 aromatic heterocycles. The maximum absolute atomic E-state index is 13.3. The molecule has 0 unspecified atom stereocenters. The monoisotopic (exact) mass is 449 g/mol. The number of aromatic nitrogens is 1. The highest BCUT2D eigenvalue weighted by Crippen LogP contribution is 2.32. The lowest BCUT2D eigenvalue weighted by molar-refractivity contribution is -0.127. The van der Waals surface area contributed by atoms with Crippen LogP contribution in [0.2, 0.25) is 0 Å². The van der Waals surface area contributed by atoms with Gasteiger partial charge in [0.25, 0.3) is 11.1 Å². The average Bonchev–Trinajstić information content (AvgIpc) is 3.30. The van der Waals surface area contributed by atoms with E-state index in [9.17, 15) is 18.8 Å². The summed E-state index contributed by atoms with van der Waals surface area (Å²) in [5.74, 6) is -1.62. The van der Waals surface area contributed by atoms with Crippen molar-refractivity contribution in [2.75, 3.05) is 11.9 Å². The number of hydrogen-bond donors (Lipinski definition) is 1. The van der Waals surface area contributed by atoms with Crippen molar-refractivity contribution in [2.45, 2.75) is 13.8 Å². The molecule has 1 N–H and O–H groups in total. The van der Waals surface area contributed by atoms with Gasteiger partial charge in [-0.15, -0.1) is 0 Å². The number of nitrogens with zero attached hydrogens (tertiary/aromatic N) is 2. The van der Waals surface area contributed by atoms with Gasteiger partial charge < -0.3 is 9.88 Å². The lowest BCUT2D eigenvalue weighted by Crippen LogP contribution is -2.36. The predicted molar refractivity (Wildman–Crippen MR) is 123 cm³/mol. The molecule has 32 heavy (non-hydrogen) atoms. The Bertz CT molecular complexity index is 1260. The summed E-state index contributed by atoms with van der Waals surface area (Å²) in [6.07, 6.45) is 3.52. The van der Waals surface area contributed by atoms with Crippen LogP contribution in [0.25, 0.3) is 11.8 Å². The first-order chi connectivity index (χ1) is 15.3. The van der Waals surface area contributed by atoms with Crippen LogP contribution in [0, 0.1) is 19.7 Å². The van der Waals surface area contributed by atoms with Crippen LogP contribution in [0.4, 0.5) is 14.9 Å². The van der Waals surface area contributed by atoms with E-state index in [4.69, 9.17) is 0 Å². The van der Waals surface area contributed by atoms with Gasteiger partial charge in [-0.25, -0.2) is 4.39 Å². The highest BCUT2D eigenvalue weighted by molar-refractivity contribution is 8.18.